The topological polar surface area (TPSA) is 29.5 Å². The number of thiophene rings is 1. The molecule has 3 heteroatoms. The fraction of sp³-hybridized carbons (Fsp3) is 0.400. The monoisotopic (exact) mass is 196 g/mol. The number of hydrogen-bond acceptors (Lipinski definition) is 3. The van der Waals surface area contributed by atoms with Gasteiger partial charge >= 0.3 is 0 Å². The first kappa shape index (κ1) is 10.3. The van der Waals surface area contributed by atoms with Gasteiger partial charge in [0.15, 0.2) is 0 Å². The molecule has 1 aromatic rings. The quantitative estimate of drug-likeness (QED) is 0.744. The van der Waals surface area contributed by atoms with Gasteiger partial charge in [-0.25, -0.2) is 0 Å². The maximum atomic E-state index is 8.51. The zero-order valence-corrected chi connectivity index (χ0v) is 8.36. The molecular formula is C10H12O2S. The molecule has 2 nitrogen and oxygen atoms in total. The van der Waals surface area contributed by atoms with Crippen LogP contribution in [0.3, 0.4) is 0 Å². The van der Waals surface area contributed by atoms with Crippen LogP contribution in [0.25, 0.3) is 0 Å². The van der Waals surface area contributed by atoms with Crippen molar-refractivity contribution in [1.29, 1.82) is 0 Å². The highest BCUT2D eigenvalue weighted by molar-refractivity contribution is 7.12. The van der Waals surface area contributed by atoms with Gasteiger partial charge in [0.25, 0.3) is 0 Å². The summed E-state index contributed by atoms with van der Waals surface area (Å²) >= 11 is 1.63. The zero-order valence-electron chi connectivity index (χ0n) is 7.54. The summed E-state index contributed by atoms with van der Waals surface area (Å²) in [4.78, 5) is 2.20. The van der Waals surface area contributed by atoms with Gasteiger partial charge in [0.1, 0.15) is 0 Å². The lowest BCUT2D eigenvalue weighted by atomic mass is 10.4. The Bertz CT molecular complexity index is 306. The van der Waals surface area contributed by atoms with E-state index in [0.717, 1.165) is 4.88 Å². The predicted molar refractivity (Wildman–Crippen MR) is 53.6 cm³/mol. The standard InChI is InChI=1S/C10H12O2S/c1-12-8-10-6-5-9(13-10)4-2-3-7-11/h5-6,11H,3,7-8H2,1H3. The maximum absolute atomic E-state index is 8.51. The van der Waals surface area contributed by atoms with Crippen LogP contribution in [0.5, 0.6) is 0 Å². The fourth-order valence-electron chi connectivity index (χ4n) is 0.870. The largest absolute Gasteiger partial charge is 0.395 e. The van der Waals surface area contributed by atoms with Crippen molar-refractivity contribution in [3.8, 4) is 11.8 Å². The second-order valence-corrected chi connectivity index (χ2v) is 3.64. The lowest BCUT2D eigenvalue weighted by Crippen LogP contribution is -1.79. The third-order valence-corrected chi connectivity index (χ3v) is 2.37. The van der Waals surface area contributed by atoms with Crippen molar-refractivity contribution in [2.45, 2.75) is 13.0 Å². The predicted octanol–water partition coefficient (Wildman–Crippen LogP) is 1.63. The highest BCUT2D eigenvalue weighted by Gasteiger charge is 1.95. The molecule has 0 radical (unpaired) electrons. The van der Waals surface area contributed by atoms with Crippen molar-refractivity contribution in [3.05, 3.63) is 21.9 Å². The average Bonchev–Trinajstić information content (AvgIpc) is 2.54. The first-order chi connectivity index (χ1) is 6.36. The van der Waals surface area contributed by atoms with Gasteiger partial charge in [-0.15, -0.1) is 11.3 Å². The molecule has 0 aliphatic carbocycles. The second kappa shape index (κ2) is 5.76. The molecule has 0 spiro atoms. The Morgan fingerprint density at radius 1 is 1.54 bits per heavy atom. The normalized spacial score (nSPS) is 9.38. The van der Waals surface area contributed by atoms with E-state index in [1.54, 1.807) is 18.4 Å². The number of aliphatic hydroxyl groups is 1. The number of methoxy groups -OCH3 is 1. The Labute approximate surface area is 82.2 Å². The van der Waals surface area contributed by atoms with Crippen LogP contribution in [0.1, 0.15) is 16.2 Å². The van der Waals surface area contributed by atoms with Crippen molar-refractivity contribution in [2.24, 2.45) is 0 Å². The third kappa shape index (κ3) is 3.60. The summed E-state index contributed by atoms with van der Waals surface area (Å²) in [6.45, 7) is 0.773. The molecular weight excluding hydrogens is 184 g/mol. The molecule has 0 bridgehead atoms. The molecule has 0 fully saturated rings. The van der Waals surface area contributed by atoms with Crippen molar-refractivity contribution in [2.75, 3.05) is 13.7 Å². The van der Waals surface area contributed by atoms with Crippen LogP contribution in [0.15, 0.2) is 12.1 Å². The van der Waals surface area contributed by atoms with Crippen molar-refractivity contribution in [1.82, 2.24) is 0 Å². The average molecular weight is 196 g/mol. The minimum absolute atomic E-state index is 0.128. The molecule has 0 atom stereocenters. The van der Waals surface area contributed by atoms with E-state index in [2.05, 4.69) is 11.8 Å². The molecule has 1 N–H and O–H groups in total. The molecule has 13 heavy (non-hydrogen) atoms. The molecule has 0 saturated heterocycles. The SMILES string of the molecule is COCc1ccc(C#CCCO)s1. The highest BCUT2D eigenvalue weighted by Crippen LogP contribution is 2.15. The minimum atomic E-state index is 0.128. The molecule has 0 amide bonds. The van der Waals surface area contributed by atoms with E-state index >= 15 is 0 Å². The van der Waals surface area contributed by atoms with E-state index in [1.165, 1.54) is 4.88 Å². The van der Waals surface area contributed by atoms with Gasteiger partial charge in [0.2, 0.25) is 0 Å². The van der Waals surface area contributed by atoms with Crippen LogP contribution in [0.2, 0.25) is 0 Å². The molecule has 0 aliphatic rings. The van der Waals surface area contributed by atoms with Gasteiger partial charge < -0.3 is 9.84 Å². The first-order valence-electron chi connectivity index (χ1n) is 4.04. The van der Waals surface area contributed by atoms with Crippen LogP contribution in [0.4, 0.5) is 0 Å². The van der Waals surface area contributed by atoms with Gasteiger partial charge in [0.05, 0.1) is 18.1 Å². The van der Waals surface area contributed by atoms with Crippen LogP contribution in [0, 0.1) is 11.8 Å². The minimum Gasteiger partial charge on any atom is -0.395 e. The molecule has 1 heterocycles. The van der Waals surface area contributed by atoms with Gasteiger partial charge in [0, 0.05) is 18.4 Å². The maximum Gasteiger partial charge on any atom is 0.0806 e. The van der Waals surface area contributed by atoms with Gasteiger partial charge in [-0.05, 0) is 12.1 Å². The van der Waals surface area contributed by atoms with Crippen LogP contribution >= 0.6 is 11.3 Å². The molecule has 0 saturated carbocycles. The smallest absolute Gasteiger partial charge is 0.0806 e. The Kier molecular flexibility index (Phi) is 4.55. The van der Waals surface area contributed by atoms with Crippen LogP contribution in [-0.4, -0.2) is 18.8 Å². The van der Waals surface area contributed by atoms with E-state index < -0.39 is 0 Å². The molecule has 70 valence electrons. The summed E-state index contributed by atoms with van der Waals surface area (Å²) < 4.78 is 4.99. The van der Waals surface area contributed by atoms with Crippen molar-refractivity contribution in [3.63, 3.8) is 0 Å². The fourth-order valence-corrected chi connectivity index (χ4v) is 1.73. The third-order valence-electron chi connectivity index (χ3n) is 1.40. The second-order valence-electron chi connectivity index (χ2n) is 2.47. The highest BCUT2D eigenvalue weighted by atomic mass is 32.1. The van der Waals surface area contributed by atoms with E-state index in [0.29, 0.717) is 13.0 Å². The van der Waals surface area contributed by atoms with Gasteiger partial charge in [-0.3, -0.25) is 0 Å². The Balaban J connectivity index is 2.54. The summed E-state index contributed by atoms with van der Waals surface area (Å²) in [6, 6.07) is 3.99. The summed E-state index contributed by atoms with van der Waals surface area (Å²) in [5.74, 6) is 5.85. The van der Waals surface area contributed by atoms with Crippen molar-refractivity contribution < 1.29 is 9.84 Å². The number of rotatable bonds is 3. The molecule has 0 aliphatic heterocycles. The van der Waals surface area contributed by atoms with E-state index in [4.69, 9.17) is 9.84 Å². The van der Waals surface area contributed by atoms with Crippen LogP contribution in [-0.2, 0) is 11.3 Å². The van der Waals surface area contributed by atoms with E-state index in [-0.39, 0.29) is 6.61 Å². The summed E-state index contributed by atoms with van der Waals surface area (Å²) in [7, 11) is 1.68. The molecule has 1 aromatic heterocycles. The Morgan fingerprint density at radius 3 is 3.08 bits per heavy atom. The Hall–Kier alpha value is -0.820. The number of aliphatic hydroxyl groups excluding tert-OH is 1. The van der Waals surface area contributed by atoms with Gasteiger partial charge in [-0.1, -0.05) is 11.8 Å². The van der Waals surface area contributed by atoms with E-state index in [9.17, 15) is 0 Å². The van der Waals surface area contributed by atoms with Gasteiger partial charge in [-0.2, -0.15) is 0 Å². The van der Waals surface area contributed by atoms with Crippen LogP contribution < -0.4 is 0 Å². The summed E-state index contributed by atoms with van der Waals surface area (Å²) in [6.07, 6.45) is 0.539. The number of hydrogen-bond donors (Lipinski definition) is 1. The molecule has 0 aromatic carbocycles. The lowest BCUT2D eigenvalue weighted by Gasteiger charge is -1.89. The summed E-state index contributed by atoms with van der Waals surface area (Å²) in [5.41, 5.74) is 0. The molecule has 1 rings (SSSR count). The van der Waals surface area contributed by atoms with E-state index in [1.807, 2.05) is 12.1 Å². The zero-order chi connectivity index (χ0) is 9.52. The lowest BCUT2D eigenvalue weighted by molar-refractivity contribution is 0.187. The first-order valence-corrected chi connectivity index (χ1v) is 4.86. The van der Waals surface area contributed by atoms with Crippen molar-refractivity contribution >= 4 is 11.3 Å². The Morgan fingerprint density at radius 2 is 2.38 bits per heavy atom. The summed E-state index contributed by atoms with van der Waals surface area (Å²) in [5, 5.41) is 8.51. The molecule has 0 unspecified atom stereocenters. The number of ether oxygens (including phenoxy) is 1.